The van der Waals surface area contributed by atoms with Gasteiger partial charge in [-0.25, -0.2) is 9.59 Å². The van der Waals surface area contributed by atoms with Gasteiger partial charge in [0.2, 0.25) is 0 Å². The average Bonchev–Trinajstić information content (AvgIpc) is 2.29. The molecule has 0 aliphatic rings. The summed E-state index contributed by atoms with van der Waals surface area (Å²) in [4.78, 5) is 49.8. The number of aromatic amines is 2. The smallest absolute Gasteiger partial charge is 0.303 e. The van der Waals surface area contributed by atoms with E-state index in [0.717, 1.165) is 9.13 Å². The lowest BCUT2D eigenvalue weighted by atomic mass is 10.2. The molecule has 2 rings (SSSR count). The number of hydrogen-bond acceptors (Lipinski definition) is 4. The van der Waals surface area contributed by atoms with E-state index >= 15 is 0 Å². The number of nitrogens with one attached hydrogen (secondary N) is 2. The summed E-state index contributed by atoms with van der Waals surface area (Å²) in [5.74, 6) is 0. The lowest BCUT2D eigenvalue weighted by molar-refractivity contribution is 0.788. The van der Waals surface area contributed by atoms with E-state index in [4.69, 9.17) is 0 Å². The van der Waals surface area contributed by atoms with E-state index in [0.29, 0.717) is 0 Å². The Balaban J connectivity index is 2.86. The highest BCUT2D eigenvalue weighted by Gasteiger charge is 2.11. The molecule has 8 nitrogen and oxygen atoms in total. The maximum Gasteiger partial charge on any atom is 0.328 e. The second kappa shape index (κ2) is 3.99. The molecule has 0 bridgehead atoms. The molecule has 0 atom stereocenters. The molecule has 2 aromatic rings. The first-order valence-electron chi connectivity index (χ1n) is 5.00. The Labute approximate surface area is 99.2 Å². The van der Waals surface area contributed by atoms with Crippen molar-refractivity contribution in [2.24, 2.45) is 14.1 Å². The van der Waals surface area contributed by atoms with Crippen molar-refractivity contribution < 1.29 is 0 Å². The van der Waals surface area contributed by atoms with Gasteiger partial charge in [0.15, 0.2) is 0 Å². The van der Waals surface area contributed by atoms with Crippen molar-refractivity contribution >= 4 is 0 Å². The van der Waals surface area contributed by atoms with Crippen LogP contribution in [0.15, 0.2) is 31.6 Å². The van der Waals surface area contributed by atoms with Crippen LogP contribution in [0.2, 0.25) is 0 Å². The first kappa shape index (κ1) is 11.8. The van der Waals surface area contributed by atoms with Crippen LogP contribution in [-0.4, -0.2) is 19.1 Å². The Morgan fingerprint density at radius 2 is 1.11 bits per heavy atom. The van der Waals surface area contributed by atoms with Gasteiger partial charge in [-0.3, -0.25) is 19.6 Å². The topological polar surface area (TPSA) is 110 Å². The number of hydrogen-bond donors (Lipinski definition) is 2. The van der Waals surface area contributed by atoms with E-state index in [-0.39, 0.29) is 11.1 Å². The lowest BCUT2D eigenvalue weighted by Gasteiger charge is -2.03. The number of aryl methyl sites for hydroxylation is 2. The van der Waals surface area contributed by atoms with Gasteiger partial charge in [0.05, 0.1) is 11.1 Å². The summed E-state index contributed by atoms with van der Waals surface area (Å²) in [6.07, 6.45) is 2.49. The largest absolute Gasteiger partial charge is 0.328 e. The summed E-state index contributed by atoms with van der Waals surface area (Å²) in [5.41, 5.74) is -2.47. The van der Waals surface area contributed by atoms with E-state index in [9.17, 15) is 19.2 Å². The molecule has 2 N–H and O–H groups in total. The summed E-state index contributed by atoms with van der Waals surface area (Å²) in [5, 5.41) is 0. The predicted octanol–water partition coefficient (Wildman–Crippen LogP) is -1.87. The third-order valence-corrected chi connectivity index (χ3v) is 2.51. The van der Waals surface area contributed by atoms with Gasteiger partial charge in [-0.05, 0) is 0 Å². The normalized spacial score (nSPS) is 10.6. The van der Waals surface area contributed by atoms with Crippen molar-refractivity contribution in [3.63, 3.8) is 0 Å². The van der Waals surface area contributed by atoms with Crippen LogP contribution in [0.25, 0.3) is 11.1 Å². The minimum Gasteiger partial charge on any atom is -0.303 e. The third kappa shape index (κ3) is 1.83. The van der Waals surface area contributed by atoms with Crippen LogP contribution in [-0.2, 0) is 14.1 Å². The molecule has 0 aliphatic carbocycles. The first-order valence-corrected chi connectivity index (χ1v) is 5.00. The monoisotopic (exact) mass is 250 g/mol. The van der Waals surface area contributed by atoms with Crippen LogP contribution in [0, 0.1) is 0 Å². The van der Waals surface area contributed by atoms with Crippen LogP contribution in [0.5, 0.6) is 0 Å². The van der Waals surface area contributed by atoms with Gasteiger partial charge in [0.25, 0.3) is 11.1 Å². The zero-order valence-corrected chi connectivity index (χ0v) is 9.68. The highest BCUT2D eigenvalue weighted by Crippen LogP contribution is 2.05. The van der Waals surface area contributed by atoms with Crippen molar-refractivity contribution in [2.45, 2.75) is 0 Å². The van der Waals surface area contributed by atoms with Crippen LogP contribution in [0.1, 0.15) is 0 Å². The van der Waals surface area contributed by atoms with Crippen molar-refractivity contribution in [1.82, 2.24) is 19.1 Å². The molecule has 2 heterocycles. The quantitative estimate of drug-likeness (QED) is 0.617. The maximum absolute atomic E-state index is 11.6. The van der Waals surface area contributed by atoms with Gasteiger partial charge in [0.1, 0.15) is 0 Å². The minimum absolute atomic E-state index is 0.0222. The summed E-state index contributed by atoms with van der Waals surface area (Å²) in [6.45, 7) is 0. The van der Waals surface area contributed by atoms with E-state index in [1.165, 1.54) is 26.5 Å². The van der Waals surface area contributed by atoms with Crippen LogP contribution < -0.4 is 22.5 Å². The maximum atomic E-state index is 11.6. The van der Waals surface area contributed by atoms with Gasteiger partial charge in [0, 0.05) is 26.5 Å². The molecule has 0 unspecified atom stereocenters. The summed E-state index contributed by atoms with van der Waals surface area (Å²) in [7, 11) is 2.88. The molecule has 0 aromatic carbocycles. The molecule has 94 valence electrons. The Hall–Kier alpha value is -2.64. The molecule has 0 saturated carbocycles. The second-order valence-corrected chi connectivity index (χ2v) is 3.83. The molecule has 8 heteroatoms. The van der Waals surface area contributed by atoms with Crippen LogP contribution >= 0.6 is 0 Å². The first-order chi connectivity index (χ1) is 8.40. The van der Waals surface area contributed by atoms with Crippen molar-refractivity contribution in [1.29, 1.82) is 0 Å². The fourth-order valence-corrected chi connectivity index (χ4v) is 1.51. The SMILES string of the molecule is Cn1cc(-c2cn(C)c(=O)[nH]c2=O)c(=O)[nH]c1=O. The summed E-state index contributed by atoms with van der Waals surface area (Å²) >= 11 is 0. The number of H-pyrrole nitrogens is 2. The highest BCUT2D eigenvalue weighted by atomic mass is 16.2. The van der Waals surface area contributed by atoms with Gasteiger partial charge < -0.3 is 9.13 Å². The zero-order chi connectivity index (χ0) is 13.4. The second-order valence-electron chi connectivity index (χ2n) is 3.83. The van der Waals surface area contributed by atoms with Crippen molar-refractivity contribution in [2.75, 3.05) is 0 Å². The van der Waals surface area contributed by atoms with Crippen molar-refractivity contribution in [3.05, 3.63) is 54.1 Å². The molecule has 2 aromatic heterocycles. The highest BCUT2D eigenvalue weighted by molar-refractivity contribution is 5.58. The standard InChI is InChI=1S/C10H10N4O4/c1-13-3-5(7(15)11-9(13)17)6-4-14(2)10(18)12-8(6)16/h3-4H,1-2H3,(H,11,15,17)(H,12,16,18). The van der Waals surface area contributed by atoms with Gasteiger partial charge >= 0.3 is 11.4 Å². The number of rotatable bonds is 1. The molecule has 0 aliphatic heterocycles. The average molecular weight is 250 g/mol. The molecule has 0 spiro atoms. The zero-order valence-electron chi connectivity index (χ0n) is 9.68. The fraction of sp³-hybridized carbons (Fsp3) is 0.200. The minimum atomic E-state index is -0.678. The Kier molecular flexibility index (Phi) is 2.62. The van der Waals surface area contributed by atoms with Gasteiger partial charge in [-0.2, -0.15) is 0 Å². The van der Waals surface area contributed by atoms with E-state index < -0.39 is 22.5 Å². The molecule has 0 saturated heterocycles. The lowest BCUT2D eigenvalue weighted by Crippen LogP contribution is -2.33. The van der Waals surface area contributed by atoms with E-state index in [1.54, 1.807) is 0 Å². The van der Waals surface area contributed by atoms with E-state index in [1.807, 2.05) is 0 Å². The summed E-state index contributed by atoms with van der Waals surface area (Å²) in [6, 6.07) is 0. The molecular formula is C10H10N4O4. The Morgan fingerprint density at radius 1 is 0.778 bits per heavy atom. The molecule has 0 fully saturated rings. The predicted molar refractivity (Wildman–Crippen MR) is 63.6 cm³/mol. The van der Waals surface area contributed by atoms with E-state index in [2.05, 4.69) is 9.97 Å². The van der Waals surface area contributed by atoms with Crippen LogP contribution in [0.3, 0.4) is 0 Å². The Morgan fingerprint density at radius 3 is 1.44 bits per heavy atom. The Bertz CT molecular complexity index is 765. The fourth-order valence-electron chi connectivity index (χ4n) is 1.51. The molecule has 18 heavy (non-hydrogen) atoms. The van der Waals surface area contributed by atoms with Gasteiger partial charge in [-0.15, -0.1) is 0 Å². The van der Waals surface area contributed by atoms with Crippen molar-refractivity contribution in [3.8, 4) is 11.1 Å². The van der Waals surface area contributed by atoms with Crippen LogP contribution in [0.4, 0.5) is 0 Å². The third-order valence-electron chi connectivity index (χ3n) is 2.51. The molecule has 0 amide bonds. The number of aromatic nitrogens is 4. The summed E-state index contributed by atoms with van der Waals surface area (Å²) < 4.78 is 2.28. The van der Waals surface area contributed by atoms with Gasteiger partial charge in [-0.1, -0.05) is 0 Å². The molecular weight excluding hydrogens is 240 g/mol. The number of nitrogens with zero attached hydrogens (tertiary/aromatic N) is 2. The molecule has 0 radical (unpaired) electrons.